The summed E-state index contributed by atoms with van der Waals surface area (Å²) in [5, 5.41) is 6.38. The van der Waals surface area contributed by atoms with Crippen LogP contribution in [0.25, 0.3) is 0 Å². The molecule has 0 aliphatic carbocycles. The van der Waals surface area contributed by atoms with Crippen molar-refractivity contribution in [2.45, 2.75) is 26.4 Å². The van der Waals surface area contributed by atoms with Crippen LogP contribution < -0.4 is 16.0 Å². The third-order valence-electron chi connectivity index (χ3n) is 2.29. The van der Waals surface area contributed by atoms with Gasteiger partial charge in [0.2, 0.25) is 11.8 Å². The summed E-state index contributed by atoms with van der Waals surface area (Å²) in [5.74, 6) is 0.708. The lowest BCUT2D eigenvalue weighted by Gasteiger charge is -2.14. The molecule has 1 aromatic heterocycles. The van der Waals surface area contributed by atoms with E-state index in [-0.39, 0.29) is 18.4 Å². The topological polar surface area (TPSA) is 97.3 Å². The van der Waals surface area contributed by atoms with Crippen molar-refractivity contribution in [1.29, 1.82) is 0 Å². The quantitative estimate of drug-likeness (QED) is 0.737. The molecule has 96 valence electrons. The first-order valence-corrected chi connectivity index (χ1v) is 5.45. The smallest absolute Gasteiger partial charge is 0.265 e. The van der Waals surface area contributed by atoms with Crippen molar-refractivity contribution in [3.63, 3.8) is 0 Å². The van der Waals surface area contributed by atoms with Crippen molar-refractivity contribution in [1.82, 2.24) is 15.5 Å². The minimum atomic E-state index is -0.522. The standard InChI is InChI=1S/C10H19N5O2/c1-6(2)8(11)9(16)12-5-7-13-10(14-17-7)15(3)4/h6,8H,5,11H2,1-4H3,(H,12,16)/t8-/m0/s1. The Labute approximate surface area is 100 Å². The Morgan fingerprint density at radius 2 is 2.18 bits per heavy atom. The minimum absolute atomic E-state index is 0.0926. The van der Waals surface area contributed by atoms with Gasteiger partial charge in [0.1, 0.15) is 0 Å². The second kappa shape index (κ2) is 5.62. The second-order valence-electron chi connectivity index (χ2n) is 4.37. The lowest BCUT2D eigenvalue weighted by atomic mass is 10.1. The van der Waals surface area contributed by atoms with Crippen molar-refractivity contribution >= 4 is 11.9 Å². The van der Waals surface area contributed by atoms with Crippen LogP contribution in [0.15, 0.2) is 4.52 Å². The highest BCUT2D eigenvalue weighted by Crippen LogP contribution is 2.05. The van der Waals surface area contributed by atoms with Gasteiger partial charge in [0.25, 0.3) is 5.95 Å². The Kier molecular flexibility index (Phi) is 4.45. The van der Waals surface area contributed by atoms with Crippen LogP contribution >= 0.6 is 0 Å². The van der Waals surface area contributed by atoms with Gasteiger partial charge in [0, 0.05) is 14.1 Å². The maximum Gasteiger partial charge on any atom is 0.265 e. The van der Waals surface area contributed by atoms with Gasteiger partial charge >= 0.3 is 0 Å². The molecule has 17 heavy (non-hydrogen) atoms. The van der Waals surface area contributed by atoms with Gasteiger partial charge in [-0.05, 0) is 11.1 Å². The number of amides is 1. The third-order valence-corrected chi connectivity index (χ3v) is 2.29. The Morgan fingerprint density at radius 1 is 1.53 bits per heavy atom. The Balaban J connectivity index is 2.47. The number of aromatic nitrogens is 2. The molecule has 1 heterocycles. The maximum atomic E-state index is 11.6. The molecule has 1 rings (SSSR count). The minimum Gasteiger partial charge on any atom is -0.346 e. The Bertz CT molecular complexity index is 375. The lowest BCUT2D eigenvalue weighted by Crippen LogP contribution is -2.43. The average molecular weight is 241 g/mol. The number of hydrogen-bond acceptors (Lipinski definition) is 6. The first-order valence-electron chi connectivity index (χ1n) is 5.45. The maximum absolute atomic E-state index is 11.6. The molecule has 3 N–H and O–H groups in total. The van der Waals surface area contributed by atoms with E-state index in [4.69, 9.17) is 10.3 Å². The molecule has 7 heteroatoms. The fourth-order valence-electron chi connectivity index (χ4n) is 1.08. The first kappa shape index (κ1) is 13.4. The van der Waals surface area contributed by atoms with E-state index in [0.717, 1.165) is 0 Å². The number of nitrogens with one attached hydrogen (secondary N) is 1. The Hall–Kier alpha value is -1.63. The van der Waals surface area contributed by atoms with E-state index >= 15 is 0 Å². The van der Waals surface area contributed by atoms with Gasteiger partial charge < -0.3 is 20.5 Å². The molecular formula is C10H19N5O2. The molecule has 0 bridgehead atoms. The van der Waals surface area contributed by atoms with Crippen molar-refractivity contribution in [3.05, 3.63) is 5.89 Å². The summed E-state index contributed by atoms with van der Waals surface area (Å²) in [4.78, 5) is 17.4. The van der Waals surface area contributed by atoms with Gasteiger partial charge in [0.15, 0.2) is 0 Å². The van der Waals surface area contributed by atoms with Crippen molar-refractivity contribution in [2.24, 2.45) is 11.7 Å². The number of nitrogens with two attached hydrogens (primary N) is 1. The van der Waals surface area contributed by atoms with E-state index in [0.29, 0.717) is 11.8 Å². The average Bonchev–Trinajstić information content (AvgIpc) is 2.73. The van der Waals surface area contributed by atoms with Gasteiger partial charge in [-0.2, -0.15) is 4.98 Å². The molecule has 7 nitrogen and oxygen atoms in total. The molecule has 0 spiro atoms. The summed E-state index contributed by atoms with van der Waals surface area (Å²) in [5.41, 5.74) is 5.69. The highest BCUT2D eigenvalue weighted by atomic mass is 16.5. The van der Waals surface area contributed by atoms with E-state index in [1.54, 1.807) is 4.90 Å². The highest BCUT2D eigenvalue weighted by molar-refractivity contribution is 5.81. The molecule has 1 aromatic rings. The number of anilines is 1. The normalized spacial score (nSPS) is 12.6. The highest BCUT2D eigenvalue weighted by Gasteiger charge is 2.17. The van der Waals surface area contributed by atoms with E-state index in [2.05, 4.69) is 15.5 Å². The molecule has 0 unspecified atom stereocenters. The zero-order valence-electron chi connectivity index (χ0n) is 10.6. The van der Waals surface area contributed by atoms with Crippen LogP contribution in [0.5, 0.6) is 0 Å². The number of nitrogens with zero attached hydrogens (tertiary/aromatic N) is 3. The van der Waals surface area contributed by atoms with Crippen molar-refractivity contribution < 1.29 is 9.32 Å². The summed E-state index contributed by atoms with van der Waals surface area (Å²) >= 11 is 0. The van der Waals surface area contributed by atoms with Crippen molar-refractivity contribution in [2.75, 3.05) is 19.0 Å². The predicted octanol–water partition coefficient (Wildman–Crippen LogP) is -0.265. The summed E-state index contributed by atoms with van der Waals surface area (Å²) in [7, 11) is 3.61. The second-order valence-corrected chi connectivity index (χ2v) is 4.37. The first-order chi connectivity index (χ1) is 7.91. The fourth-order valence-corrected chi connectivity index (χ4v) is 1.08. The number of carbonyl (C=O) groups is 1. The van der Waals surface area contributed by atoms with E-state index in [1.807, 2.05) is 27.9 Å². The van der Waals surface area contributed by atoms with Crippen LogP contribution in [0.4, 0.5) is 5.95 Å². The zero-order chi connectivity index (χ0) is 13.0. The van der Waals surface area contributed by atoms with Gasteiger partial charge in [0.05, 0.1) is 12.6 Å². The van der Waals surface area contributed by atoms with Crippen LogP contribution in [0, 0.1) is 5.92 Å². The Morgan fingerprint density at radius 3 is 2.65 bits per heavy atom. The molecule has 1 amide bonds. The summed E-state index contributed by atoms with van der Waals surface area (Å²) in [6.45, 7) is 3.97. The van der Waals surface area contributed by atoms with E-state index < -0.39 is 6.04 Å². The molecular weight excluding hydrogens is 222 g/mol. The predicted molar refractivity (Wildman–Crippen MR) is 63.3 cm³/mol. The molecule has 0 saturated carbocycles. The summed E-state index contributed by atoms with van der Waals surface area (Å²) < 4.78 is 4.96. The van der Waals surface area contributed by atoms with Crippen LogP contribution in [0.1, 0.15) is 19.7 Å². The fraction of sp³-hybridized carbons (Fsp3) is 0.700. The summed E-state index contributed by atoms with van der Waals surface area (Å²) in [6, 6.07) is -0.522. The molecule has 0 saturated heterocycles. The molecule has 0 aliphatic rings. The number of rotatable bonds is 5. The van der Waals surface area contributed by atoms with Gasteiger partial charge in [-0.25, -0.2) is 0 Å². The molecule has 1 atom stereocenters. The van der Waals surface area contributed by atoms with Crippen LogP contribution in [-0.4, -0.2) is 36.2 Å². The zero-order valence-corrected chi connectivity index (χ0v) is 10.6. The summed E-state index contributed by atoms with van der Waals surface area (Å²) in [6.07, 6.45) is 0. The SMILES string of the molecule is CC(C)[C@H](N)C(=O)NCc1nc(N(C)C)no1. The van der Waals surface area contributed by atoms with Crippen molar-refractivity contribution in [3.8, 4) is 0 Å². The van der Waals surface area contributed by atoms with Crippen LogP contribution in [0.3, 0.4) is 0 Å². The van der Waals surface area contributed by atoms with Crippen LogP contribution in [0.2, 0.25) is 0 Å². The lowest BCUT2D eigenvalue weighted by molar-refractivity contribution is -0.123. The van der Waals surface area contributed by atoms with Crippen LogP contribution in [-0.2, 0) is 11.3 Å². The van der Waals surface area contributed by atoms with E-state index in [9.17, 15) is 4.79 Å². The van der Waals surface area contributed by atoms with Gasteiger partial charge in [-0.1, -0.05) is 13.8 Å². The third kappa shape index (κ3) is 3.70. The molecule has 0 fully saturated rings. The monoisotopic (exact) mass is 241 g/mol. The molecule has 0 radical (unpaired) electrons. The molecule has 0 aliphatic heterocycles. The number of hydrogen-bond donors (Lipinski definition) is 2. The largest absolute Gasteiger partial charge is 0.346 e. The number of carbonyl (C=O) groups excluding carboxylic acids is 1. The molecule has 0 aromatic carbocycles. The van der Waals surface area contributed by atoms with Gasteiger partial charge in [-0.3, -0.25) is 4.79 Å². The van der Waals surface area contributed by atoms with Gasteiger partial charge in [-0.15, -0.1) is 0 Å². The van der Waals surface area contributed by atoms with E-state index in [1.165, 1.54) is 0 Å².